The van der Waals surface area contributed by atoms with Crippen LogP contribution in [0.2, 0.25) is 36.3 Å². The van der Waals surface area contributed by atoms with E-state index >= 15 is 0 Å². The molecule has 0 atom stereocenters. The summed E-state index contributed by atoms with van der Waals surface area (Å²) in [4.78, 5) is 15.3. The molecule has 0 saturated carbocycles. The van der Waals surface area contributed by atoms with E-state index in [1.54, 1.807) is 6.92 Å². The van der Waals surface area contributed by atoms with Gasteiger partial charge in [0.05, 0.1) is 0 Å². The zero-order valence-corrected chi connectivity index (χ0v) is 27.8. The van der Waals surface area contributed by atoms with Crippen LogP contribution in [0.15, 0.2) is 24.3 Å². The number of Topliss-reactive ketones (excluding diaryl/α,β-unsaturated/α-hetero) is 1. The molecule has 0 radical (unpaired) electrons. The molecule has 0 unspecified atom stereocenters. The fourth-order valence-electron chi connectivity index (χ4n) is 4.85. The van der Waals surface area contributed by atoms with Crippen LogP contribution in [-0.4, -0.2) is 49.7 Å². The normalized spacial score (nSPS) is 16.2. The van der Waals surface area contributed by atoms with E-state index in [1.807, 2.05) is 0 Å². The van der Waals surface area contributed by atoms with Gasteiger partial charge in [-0.25, -0.2) is 0 Å². The van der Waals surface area contributed by atoms with Crippen LogP contribution in [0.3, 0.4) is 0 Å². The molecule has 2 aromatic rings. The summed E-state index contributed by atoms with van der Waals surface area (Å²) in [6.07, 6.45) is 1.70. The van der Waals surface area contributed by atoms with Crippen molar-refractivity contribution < 1.29 is 13.6 Å². The summed E-state index contributed by atoms with van der Waals surface area (Å²) in [7, 11) is 0.220. The molecule has 3 rings (SSSR count). The van der Waals surface area contributed by atoms with Crippen LogP contribution in [-0.2, 0) is 21.7 Å². The van der Waals surface area contributed by atoms with Gasteiger partial charge in [0, 0.05) is 49.4 Å². The zero-order valence-electron chi connectivity index (χ0n) is 25.8. The van der Waals surface area contributed by atoms with Crippen molar-refractivity contribution in [3.05, 3.63) is 41.0 Å². The van der Waals surface area contributed by atoms with Crippen molar-refractivity contribution >= 4 is 38.9 Å². The van der Waals surface area contributed by atoms with Crippen molar-refractivity contribution in [2.24, 2.45) is 5.41 Å². The van der Waals surface area contributed by atoms with E-state index in [0.717, 1.165) is 34.9 Å². The first-order valence-electron chi connectivity index (χ1n) is 13.8. The quantitative estimate of drug-likeness (QED) is 0.249. The first kappa shape index (κ1) is 30.1. The number of benzene rings is 2. The summed E-state index contributed by atoms with van der Waals surface area (Å²) in [5.41, 5.74) is 4.35. The first-order valence-corrected chi connectivity index (χ1v) is 19.6. The molecule has 2 aromatic carbocycles. The lowest BCUT2D eigenvalue weighted by molar-refractivity contribution is 0.0729. The number of nitrogens with zero attached hydrogens (tertiary/aromatic N) is 1. The maximum absolute atomic E-state index is 13.1. The van der Waals surface area contributed by atoms with Gasteiger partial charge in [0.2, 0.25) is 0 Å². The fourth-order valence-corrected chi connectivity index (χ4v) is 7.05. The minimum atomic E-state index is -1.96. The molecule has 1 aliphatic carbocycles. The van der Waals surface area contributed by atoms with Gasteiger partial charge in [-0.3, -0.25) is 4.79 Å². The average molecular weight is 542 g/mol. The fraction of sp³-hybridized carbons (Fsp3) is 0.645. The van der Waals surface area contributed by atoms with Crippen LogP contribution in [0.4, 0.5) is 5.69 Å². The number of ketones is 1. The van der Waals surface area contributed by atoms with E-state index in [0.29, 0.717) is 13.2 Å². The molecule has 0 spiro atoms. The molecule has 206 valence electrons. The maximum atomic E-state index is 13.1. The second-order valence-corrected chi connectivity index (χ2v) is 24.3. The highest BCUT2D eigenvalue weighted by molar-refractivity contribution is 6.74. The summed E-state index contributed by atoms with van der Waals surface area (Å²) < 4.78 is 13.8. The molecule has 0 aromatic heterocycles. The van der Waals surface area contributed by atoms with E-state index in [4.69, 9.17) is 8.85 Å². The summed E-state index contributed by atoms with van der Waals surface area (Å²) in [6.45, 7) is 26.1. The third-order valence-electron chi connectivity index (χ3n) is 9.40. The van der Waals surface area contributed by atoms with E-state index in [9.17, 15) is 4.79 Å². The number of hydrogen-bond acceptors (Lipinski definition) is 4. The highest BCUT2D eigenvalue weighted by Crippen LogP contribution is 2.47. The SMILES string of the molecule is CC(=O)c1c2c(cc3c(N(C)C)cccc13)CC(CO[Si](C)(C)C(C)(C)C)(CO[Si](C)(C)C(C)(C)C)C2. The van der Waals surface area contributed by atoms with Crippen LogP contribution >= 0.6 is 0 Å². The van der Waals surface area contributed by atoms with E-state index < -0.39 is 16.6 Å². The number of carbonyl (C=O) groups is 1. The molecular formula is C31H51NO3Si2. The zero-order chi connectivity index (χ0) is 28.2. The summed E-state index contributed by atoms with van der Waals surface area (Å²) in [6, 6.07) is 8.66. The van der Waals surface area contributed by atoms with Gasteiger partial charge in [0.15, 0.2) is 22.4 Å². The minimum Gasteiger partial charge on any atom is -0.416 e. The van der Waals surface area contributed by atoms with Gasteiger partial charge in [-0.05, 0) is 84.7 Å². The Hall–Kier alpha value is -1.48. The van der Waals surface area contributed by atoms with Crippen molar-refractivity contribution in [3.63, 3.8) is 0 Å². The Balaban J connectivity index is 2.12. The molecule has 0 heterocycles. The lowest BCUT2D eigenvalue weighted by Crippen LogP contribution is -2.48. The van der Waals surface area contributed by atoms with Gasteiger partial charge in [0.25, 0.3) is 0 Å². The molecule has 0 fully saturated rings. The Kier molecular flexibility index (Phi) is 8.07. The third kappa shape index (κ3) is 5.92. The van der Waals surface area contributed by atoms with Crippen molar-refractivity contribution in [3.8, 4) is 0 Å². The van der Waals surface area contributed by atoms with Crippen LogP contribution in [0.5, 0.6) is 0 Å². The van der Waals surface area contributed by atoms with E-state index in [-0.39, 0.29) is 21.3 Å². The van der Waals surface area contributed by atoms with Gasteiger partial charge in [0.1, 0.15) is 0 Å². The Morgan fingerprint density at radius 2 is 1.41 bits per heavy atom. The molecule has 0 N–H and O–H groups in total. The monoisotopic (exact) mass is 541 g/mol. The van der Waals surface area contributed by atoms with Crippen molar-refractivity contribution in [2.45, 2.75) is 97.6 Å². The van der Waals surface area contributed by atoms with Crippen molar-refractivity contribution in [1.29, 1.82) is 0 Å². The summed E-state index contributed by atoms with van der Waals surface area (Å²) in [5.74, 6) is 0.143. The molecule has 6 heteroatoms. The predicted molar refractivity (Wildman–Crippen MR) is 164 cm³/mol. The van der Waals surface area contributed by atoms with Crippen molar-refractivity contribution in [2.75, 3.05) is 32.2 Å². The minimum absolute atomic E-state index is 0.139. The van der Waals surface area contributed by atoms with Crippen molar-refractivity contribution in [1.82, 2.24) is 0 Å². The first-order chi connectivity index (χ1) is 16.7. The largest absolute Gasteiger partial charge is 0.416 e. The Bertz CT molecular complexity index is 1140. The Morgan fingerprint density at radius 3 is 1.84 bits per heavy atom. The number of hydrogen-bond donors (Lipinski definition) is 0. The molecule has 0 bridgehead atoms. The molecule has 4 nitrogen and oxygen atoms in total. The molecular weight excluding hydrogens is 491 g/mol. The molecule has 1 aliphatic rings. The number of rotatable bonds is 8. The smallest absolute Gasteiger partial charge is 0.192 e. The Labute approximate surface area is 228 Å². The van der Waals surface area contributed by atoms with Crippen LogP contribution in [0.1, 0.15) is 70.0 Å². The lowest BCUT2D eigenvalue weighted by atomic mass is 9.86. The highest BCUT2D eigenvalue weighted by atomic mass is 28.4. The van der Waals surface area contributed by atoms with E-state index in [2.05, 4.69) is 111 Å². The molecule has 37 heavy (non-hydrogen) atoms. The molecule has 0 amide bonds. The lowest BCUT2D eigenvalue weighted by Gasteiger charge is -2.42. The Morgan fingerprint density at radius 1 is 0.892 bits per heavy atom. The van der Waals surface area contributed by atoms with E-state index in [1.165, 1.54) is 11.1 Å². The number of fused-ring (bicyclic) bond motifs is 2. The highest BCUT2D eigenvalue weighted by Gasteiger charge is 2.46. The summed E-state index contributed by atoms with van der Waals surface area (Å²) in [5, 5.41) is 2.49. The third-order valence-corrected chi connectivity index (χ3v) is 18.4. The standard InChI is InChI=1S/C31H51NO3Si2/c1-22(33)28-24-15-14-16-27(32(8)9)25(24)17-23-18-31(19-26(23)28,20-34-36(10,11)29(2,3)4)21-35-37(12,13)30(5,6)7/h14-17H,18-21H2,1-13H3. The molecule has 0 aliphatic heterocycles. The number of anilines is 1. The van der Waals surface area contributed by atoms with Crippen LogP contribution in [0, 0.1) is 5.41 Å². The van der Waals surface area contributed by atoms with Gasteiger partial charge in [-0.2, -0.15) is 0 Å². The topological polar surface area (TPSA) is 38.8 Å². The van der Waals surface area contributed by atoms with Gasteiger partial charge in [-0.15, -0.1) is 0 Å². The molecule has 0 saturated heterocycles. The van der Waals surface area contributed by atoms with Gasteiger partial charge < -0.3 is 13.8 Å². The average Bonchev–Trinajstić information content (AvgIpc) is 3.10. The second kappa shape index (κ2) is 9.93. The maximum Gasteiger partial charge on any atom is 0.192 e. The second-order valence-electron chi connectivity index (χ2n) is 14.7. The van der Waals surface area contributed by atoms with Crippen LogP contribution < -0.4 is 4.90 Å². The predicted octanol–water partition coefficient (Wildman–Crippen LogP) is 8.24. The van der Waals surface area contributed by atoms with Gasteiger partial charge >= 0.3 is 0 Å². The summed E-state index contributed by atoms with van der Waals surface area (Å²) >= 11 is 0. The van der Waals surface area contributed by atoms with Crippen LogP contribution in [0.25, 0.3) is 10.8 Å². The van der Waals surface area contributed by atoms with Gasteiger partial charge in [-0.1, -0.05) is 53.7 Å². The number of carbonyl (C=O) groups excluding carboxylic acids is 1.